The monoisotopic (exact) mass is 437 g/mol. The number of para-hydroxylation sites is 1. The highest BCUT2D eigenvalue weighted by molar-refractivity contribution is 5.81. The molecule has 1 atom stereocenters. The number of benzene rings is 1. The Kier molecular flexibility index (Phi) is 7.19. The first kappa shape index (κ1) is 22.0. The number of nitrogens with one attached hydrogen (secondary N) is 1. The van der Waals surface area contributed by atoms with Crippen LogP contribution >= 0.6 is 0 Å². The summed E-state index contributed by atoms with van der Waals surface area (Å²) in [5.74, 6) is 1.73. The summed E-state index contributed by atoms with van der Waals surface area (Å²) in [6.07, 6.45) is 8.84. The molecule has 1 aromatic carbocycles. The maximum atomic E-state index is 12.9. The Bertz CT molecular complexity index is 915. The Balaban J connectivity index is 1.25. The topological polar surface area (TPSA) is 87.7 Å². The van der Waals surface area contributed by atoms with Gasteiger partial charge in [0.05, 0.1) is 25.6 Å². The van der Waals surface area contributed by atoms with E-state index >= 15 is 0 Å². The molecule has 170 valence electrons. The highest BCUT2D eigenvalue weighted by Crippen LogP contribution is 2.23. The molecule has 0 radical (unpaired) electrons. The van der Waals surface area contributed by atoms with Crippen molar-refractivity contribution >= 4 is 17.6 Å². The second-order valence-electron chi connectivity index (χ2n) is 8.50. The molecule has 3 heterocycles. The molecule has 8 heteroatoms. The van der Waals surface area contributed by atoms with Crippen LogP contribution in [0.1, 0.15) is 31.2 Å². The molecular formula is C24H31N5O3. The molecule has 2 fully saturated rings. The third-order valence-corrected chi connectivity index (χ3v) is 6.39. The highest BCUT2D eigenvalue weighted by atomic mass is 16.5. The molecular weight excluding hydrogens is 406 g/mol. The van der Waals surface area contributed by atoms with Crippen molar-refractivity contribution in [3.8, 4) is 5.75 Å². The van der Waals surface area contributed by atoms with Gasteiger partial charge in [0.1, 0.15) is 11.6 Å². The quantitative estimate of drug-likeness (QED) is 0.744. The van der Waals surface area contributed by atoms with E-state index in [4.69, 9.17) is 4.74 Å². The van der Waals surface area contributed by atoms with E-state index < -0.39 is 0 Å². The normalized spacial score (nSPS) is 19.5. The van der Waals surface area contributed by atoms with Gasteiger partial charge in [-0.15, -0.1) is 0 Å². The Morgan fingerprint density at radius 2 is 1.94 bits per heavy atom. The average molecular weight is 438 g/mol. The first-order chi connectivity index (χ1) is 15.6. The molecule has 2 aliphatic heterocycles. The maximum absolute atomic E-state index is 12.9. The second-order valence-corrected chi connectivity index (χ2v) is 8.50. The van der Waals surface area contributed by atoms with Crippen LogP contribution in [0.2, 0.25) is 0 Å². The molecule has 0 aliphatic carbocycles. The molecule has 8 nitrogen and oxygen atoms in total. The van der Waals surface area contributed by atoms with Crippen molar-refractivity contribution in [2.24, 2.45) is 5.92 Å². The third-order valence-electron chi connectivity index (χ3n) is 6.39. The number of aromatic nitrogens is 2. The summed E-state index contributed by atoms with van der Waals surface area (Å²) in [6, 6.07) is 7.74. The van der Waals surface area contributed by atoms with Crippen LogP contribution in [0.5, 0.6) is 5.75 Å². The van der Waals surface area contributed by atoms with Gasteiger partial charge < -0.3 is 19.9 Å². The molecule has 0 bridgehead atoms. The largest absolute Gasteiger partial charge is 0.496 e. The average Bonchev–Trinajstić information content (AvgIpc) is 2.85. The summed E-state index contributed by atoms with van der Waals surface area (Å²) in [5, 5.41) is 3.23. The lowest BCUT2D eigenvalue weighted by atomic mass is 9.95. The van der Waals surface area contributed by atoms with Crippen LogP contribution < -0.4 is 15.0 Å². The zero-order valence-electron chi connectivity index (χ0n) is 18.6. The summed E-state index contributed by atoms with van der Waals surface area (Å²) in [6.45, 7) is 2.89. The predicted octanol–water partition coefficient (Wildman–Crippen LogP) is 2.05. The Labute approximate surface area is 189 Å². The van der Waals surface area contributed by atoms with Crippen molar-refractivity contribution < 1.29 is 14.3 Å². The van der Waals surface area contributed by atoms with Crippen molar-refractivity contribution in [3.05, 3.63) is 48.4 Å². The number of carbonyl (C=O) groups is 2. The molecule has 2 saturated heterocycles. The van der Waals surface area contributed by atoms with Gasteiger partial charge in [0, 0.05) is 50.2 Å². The van der Waals surface area contributed by atoms with Crippen molar-refractivity contribution in [2.45, 2.75) is 38.1 Å². The van der Waals surface area contributed by atoms with Gasteiger partial charge in [0.2, 0.25) is 11.8 Å². The van der Waals surface area contributed by atoms with E-state index in [2.05, 4.69) is 20.2 Å². The zero-order valence-corrected chi connectivity index (χ0v) is 18.6. The van der Waals surface area contributed by atoms with E-state index in [0.717, 1.165) is 49.4 Å². The number of ether oxygens (including phenoxy) is 1. The SMILES string of the molecule is COc1ccccc1CC(=O)N1CCC(NC(=O)C2CCCN(c3cnccn3)C2)CC1. The summed E-state index contributed by atoms with van der Waals surface area (Å²) in [5.41, 5.74) is 0.903. The van der Waals surface area contributed by atoms with Crippen LogP contribution in [0.4, 0.5) is 5.82 Å². The van der Waals surface area contributed by atoms with Gasteiger partial charge >= 0.3 is 0 Å². The van der Waals surface area contributed by atoms with Gasteiger partial charge in [0.15, 0.2) is 0 Å². The van der Waals surface area contributed by atoms with Gasteiger partial charge in [-0.05, 0) is 31.7 Å². The number of carbonyl (C=O) groups excluding carboxylic acids is 2. The number of anilines is 1. The van der Waals surface area contributed by atoms with Crippen molar-refractivity contribution in [2.75, 3.05) is 38.2 Å². The van der Waals surface area contributed by atoms with Crippen LogP contribution in [0.25, 0.3) is 0 Å². The van der Waals surface area contributed by atoms with Crippen LogP contribution in [0, 0.1) is 5.92 Å². The van der Waals surface area contributed by atoms with Gasteiger partial charge in [0.25, 0.3) is 0 Å². The molecule has 4 rings (SSSR count). The molecule has 1 aromatic heterocycles. The van der Waals surface area contributed by atoms with Crippen LogP contribution in [0.15, 0.2) is 42.9 Å². The second kappa shape index (κ2) is 10.4. The Morgan fingerprint density at radius 3 is 2.69 bits per heavy atom. The lowest BCUT2D eigenvalue weighted by Crippen LogP contribution is -2.50. The predicted molar refractivity (Wildman–Crippen MR) is 121 cm³/mol. The van der Waals surface area contributed by atoms with E-state index in [1.807, 2.05) is 29.2 Å². The number of amides is 2. The Morgan fingerprint density at radius 1 is 1.12 bits per heavy atom. The number of rotatable bonds is 6. The smallest absolute Gasteiger partial charge is 0.227 e. The van der Waals surface area contributed by atoms with Crippen LogP contribution in [0.3, 0.4) is 0 Å². The van der Waals surface area contributed by atoms with E-state index in [9.17, 15) is 9.59 Å². The van der Waals surface area contributed by atoms with Gasteiger partial charge in [-0.25, -0.2) is 4.98 Å². The van der Waals surface area contributed by atoms with E-state index in [-0.39, 0.29) is 23.8 Å². The number of methoxy groups -OCH3 is 1. The van der Waals surface area contributed by atoms with Crippen LogP contribution in [-0.4, -0.2) is 66.0 Å². The summed E-state index contributed by atoms with van der Waals surface area (Å²) in [7, 11) is 1.62. The van der Waals surface area contributed by atoms with Crippen molar-refractivity contribution in [1.82, 2.24) is 20.2 Å². The minimum Gasteiger partial charge on any atom is -0.496 e. The zero-order chi connectivity index (χ0) is 22.3. The number of nitrogens with zero attached hydrogens (tertiary/aromatic N) is 4. The van der Waals surface area contributed by atoms with Crippen molar-refractivity contribution in [3.63, 3.8) is 0 Å². The fourth-order valence-corrected chi connectivity index (χ4v) is 4.57. The maximum Gasteiger partial charge on any atom is 0.227 e. The number of hydrogen-bond acceptors (Lipinski definition) is 6. The lowest BCUT2D eigenvalue weighted by Gasteiger charge is -2.35. The number of piperidine rings is 2. The van der Waals surface area contributed by atoms with E-state index in [1.165, 1.54) is 0 Å². The first-order valence-electron chi connectivity index (χ1n) is 11.3. The fraction of sp³-hybridized carbons (Fsp3) is 0.500. The molecule has 2 aromatic rings. The number of hydrogen-bond donors (Lipinski definition) is 1. The van der Waals surface area contributed by atoms with E-state index in [0.29, 0.717) is 26.1 Å². The summed E-state index contributed by atoms with van der Waals surface area (Å²) < 4.78 is 5.36. The molecule has 1 unspecified atom stereocenters. The molecule has 2 aliphatic rings. The molecule has 0 saturated carbocycles. The molecule has 0 spiro atoms. The molecule has 2 amide bonds. The number of likely N-dealkylation sites (tertiary alicyclic amines) is 1. The fourth-order valence-electron chi connectivity index (χ4n) is 4.57. The van der Waals surface area contributed by atoms with Gasteiger partial charge in [-0.1, -0.05) is 18.2 Å². The molecule has 1 N–H and O–H groups in total. The Hall–Kier alpha value is -3.16. The van der Waals surface area contributed by atoms with E-state index in [1.54, 1.807) is 25.7 Å². The lowest BCUT2D eigenvalue weighted by molar-refractivity contribution is -0.131. The van der Waals surface area contributed by atoms with Gasteiger partial charge in [-0.2, -0.15) is 0 Å². The third kappa shape index (κ3) is 5.36. The van der Waals surface area contributed by atoms with Crippen LogP contribution in [-0.2, 0) is 16.0 Å². The summed E-state index contributed by atoms with van der Waals surface area (Å²) >= 11 is 0. The standard InChI is InChI=1S/C24H31N5O3/c1-32-21-7-3-2-5-18(21)15-23(30)28-13-8-20(9-14-28)27-24(31)19-6-4-12-29(17-19)22-16-25-10-11-26-22/h2-3,5,7,10-11,16,19-20H,4,6,8-9,12-15,17H2,1H3,(H,27,31). The van der Waals surface area contributed by atoms with Gasteiger partial charge in [-0.3, -0.25) is 14.6 Å². The minimum absolute atomic E-state index is 0.0454. The van der Waals surface area contributed by atoms with Crippen molar-refractivity contribution in [1.29, 1.82) is 0 Å². The highest BCUT2D eigenvalue weighted by Gasteiger charge is 2.30. The first-order valence-corrected chi connectivity index (χ1v) is 11.3. The minimum atomic E-state index is -0.0454. The molecule has 32 heavy (non-hydrogen) atoms. The summed E-state index contributed by atoms with van der Waals surface area (Å²) in [4.78, 5) is 38.2.